The SMILES string of the molecule is CC(C)CCCCCCCCCCCCCCOC(=O)c1ccccc1C(=O)OC(C)C. The van der Waals surface area contributed by atoms with Gasteiger partial charge in [0.2, 0.25) is 0 Å². The number of carbonyl (C=O) groups excluding carboxylic acids is 2. The third-order valence-electron chi connectivity index (χ3n) is 5.62. The first-order valence-electron chi connectivity index (χ1n) is 12.9. The maximum Gasteiger partial charge on any atom is 0.339 e. The van der Waals surface area contributed by atoms with E-state index in [0.29, 0.717) is 6.61 Å². The normalized spacial score (nSPS) is 11.2. The Morgan fingerprint density at radius 3 is 1.56 bits per heavy atom. The second-order valence-electron chi connectivity index (χ2n) is 9.56. The van der Waals surface area contributed by atoms with Crippen molar-refractivity contribution < 1.29 is 19.1 Å². The summed E-state index contributed by atoms with van der Waals surface area (Å²) in [6.07, 6.45) is 16.5. The van der Waals surface area contributed by atoms with Crippen molar-refractivity contribution in [1.82, 2.24) is 0 Å². The molecule has 0 aliphatic carbocycles. The molecule has 32 heavy (non-hydrogen) atoms. The first-order valence-corrected chi connectivity index (χ1v) is 12.9. The highest BCUT2D eigenvalue weighted by Gasteiger charge is 2.19. The van der Waals surface area contributed by atoms with Crippen LogP contribution in [-0.2, 0) is 9.47 Å². The summed E-state index contributed by atoms with van der Waals surface area (Å²) < 4.78 is 10.6. The predicted molar refractivity (Wildman–Crippen MR) is 132 cm³/mol. The van der Waals surface area contributed by atoms with Gasteiger partial charge in [0.15, 0.2) is 0 Å². The highest BCUT2D eigenvalue weighted by Crippen LogP contribution is 2.15. The second-order valence-corrected chi connectivity index (χ2v) is 9.56. The van der Waals surface area contributed by atoms with E-state index in [1.807, 2.05) is 0 Å². The van der Waals surface area contributed by atoms with Gasteiger partial charge in [0.1, 0.15) is 0 Å². The van der Waals surface area contributed by atoms with E-state index in [4.69, 9.17) is 9.47 Å². The standard InChI is InChI=1S/C28H46O4/c1-23(2)19-15-13-11-9-7-5-6-8-10-12-14-18-22-31-27(29)25-20-16-17-21-26(25)28(30)32-24(3)4/h16-17,20-21,23-24H,5-15,18-19,22H2,1-4H3. The quantitative estimate of drug-likeness (QED) is 0.169. The van der Waals surface area contributed by atoms with Crippen LogP contribution in [0, 0.1) is 5.92 Å². The molecule has 0 N–H and O–H groups in total. The summed E-state index contributed by atoms with van der Waals surface area (Å²) in [5, 5.41) is 0. The molecule has 1 aromatic carbocycles. The summed E-state index contributed by atoms with van der Waals surface area (Å²) in [5.74, 6) is -0.0942. The van der Waals surface area contributed by atoms with Crippen LogP contribution >= 0.6 is 0 Å². The van der Waals surface area contributed by atoms with Crippen LogP contribution in [0.4, 0.5) is 0 Å². The summed E-state index contributed by atoms with van der Waals surface area (Å²) in [6, 6.07) is 6.68. The molecule has 0 bridgehead atoms. The molecule has 0 atom stereocenters. The second kappa shape index (κ2) is 17.7. The highest BCUT2D eigenvalue weighted by molar-refractivity contribution is 6.03. The minimum absolute atomic E-state index is 0.230. The lowest BCUT2D eigenvalue weighted by molar-refractivity contribution is 0.0360. The van der Waals surface area contributed by atoms with Crippen molar-refractivity contribution in [3.05, 3.63) is 35.4 Å². The molecule has 1 aromatic rings. The molecule has 0 aliphatic rings. The van der Waals surface area contributed by atoms with Gasteiger partial charge in [-0.1, -0.05) is 103 Å². The van der Waals surface area contributed by atoms with Gasteiger partial charge in [0.25, 0.3) is 0 Å². The Bertz CT molecular complexity index is 636. The first-order chi connectivity index (χ1) is 15.4. The number of carbonyl (C=O) groups is 2. The van der Waals surface area contributed by atoms with Crippen molar-refractivity contribution in [2.45, 2.75) is 117 Å². The Morgan fingerprint density at radius 1 is 0.656 bits per heavy atom. The van der Waals surface area contributed by atoms with Crippen molar-refractivity contribution in [3.8, 4) is 0 Å². The van der Waals surface area contributed by atoms with E-state index in [9.17, 15) is 9.59 Å². The molecule has 0 fully saturated rings. The molecule has 0 aliphatic heterocycles. The third kappa shape index (κ3) is 13.5. The number of rotatable bonds is 18. The van der Waals surface area contributed by atoms with E-state index in [-0.39, 0.29) is 17.2 Å². The van der Waals surface area contributed by atoms with Crippen LogP contribution in [0.25, 0.3) is 0 Å². The average molecular weight is 447 g/mol. The summed E-state index contributed by atoms with van der Waals surface area (Å²) in [7, 11) is 0. The lowest BCUT2D eigenvalue weighted by Gasteiger charge is -2.11. The molecule has 0 unspecified atom stereocenters. The van der Waals surface area contributed by atoms with Gasteiger partial charge in [-0.05, 0) is 38.3 Å². The summed E-state index contributed by atoms with van der Waals surface area (Å²) >= 11 is 0. The van der Waals surface area contributed by atoms with Crippen molar-refractivity contribution in [3.63, 3.8) is 0 Å². The topological polar surface area (TPSA) is 52.6 Å². The largest absolute Gasteiger partial charge is 0.462 e. The number of unbranched alkanes of at least 4 members (excludes halogenated alkanes) is 11. The zero-order valence-electron chi connectivity index (χ0n) is 21.0. The molecule has 0 heterocycles. The van der Waals surface area contributed by atoms with Gasteiger partial charge < -0.3 is 9.47 Å². The van der Waals surface area contributed by atoms with Gasteiger partial charge in [0, 0.05) is 0 Å². The smallest absolute Gasteiger partial charge is 0.339 e. The maximum absolute atomic E-state index is 12.4. The number of esters is 2. The molecule has 0 amide bonds. The van der Waals surface area contributed by atoms with E-state index in [2.05, 4.69) is 13.8 Å². The molecule has 0 spiro atoms. The van der Waals surface area contributed by atoms with Crippen LogP contribution in [0.2, 0.25) is 0 Å². The van der Waals surface area contributed by atoms with Crippen molar-refractivity contribution in [2.75, 3.05) is 6.61 Å². The van der Waals surface area contributed by atoms with Gasteiger partial charge >= 0.3 is 11.9 Å². The molecule has 0 aromatic heterocycles. The van der Waals surface area contributed by atoms with Crippen LogP contribution in [0.3, 0.4) is 0 Å². The fourth-order valence-corrected chi connectivity index (χ4v) is 3.78. The summed E-state index contributed by atoms with van der Waals surface area (Å²) in [4.78, 5) is 24.5. The van der Waals surface area contributed by atoms with E-state index in [0.717, 1.165) is 18.8 Å². The van der Waals surface area contributed by atoms with Crippen LogP contribution in [0.1, 0.15) is 132 Å². The maximum atomic E-state index is 12.4. The Morgan fingerprint density at radius 2 is 1.09 bits per heavy atom. The third-order valence-corrected chi connectivity index (χ3v) is 5.62. The van der Waals surface area contributed by atoms with Crippen molar-refractivity contribution in [2.24, 2.45) is 5.92 Å². The molecule has 182 valence electrons. The summed E-state index contributed by atoms with van der Waals surface area (Å²) in [6.45, 7) is 8.58. The van der Waals surface area contributed by atoms with Gasteiger partial charge in [-0.3, -0.25) is 0 Å². The van der Waals surface area contributed by atoms with Crippen LogP contribution < -0.4 is 0 Å². The Balaban J connectivity index is 2.04. The monoisotopic (exact) mass is 446 g/mol. The number of hydrogen-bond acceptors (Lipinski definition) is 4. The van der Waals surface area contributed by atoms with Gasteiger partial charge in [0.05, 0.1) is 23.8 Å². The molecule has 1 rings (SSSR count). The number of benzene rings is 1. The van der Waals surface area contributed by atoms with Gasteiger partial charge in [-0.25, -0.2) is 9.59 Å². The molecule has 0 radical (unpaired) electrons. The Hall–Kier alpha value is -1.84. The minimum atomic E-state index is -0.487. The molecule has 4 nitrogen and oxygen atoms in total. The van der Waals surface area contributed by atoms with Gasteiger partial charge in [-0.15, -0.1) is 0 Å². The lowest BCUT2D eigenvalue weighted by atomic mass is 10.0. The first kappa shape index (κ1) is 28.2. The number of ether oxygens (including phenoxy) is 2. The Kier molecular flexibility index (Phi) is 15.6. The average Bonchev–Trinajstić information content (AvgIpc) is 2.75. The molecule has 4 heteroatoms. The number of hydrogen-bond donors (Lipinski definition) is 0. The summed E-state index contributed by atoms with van der Waals surface area (Å²) in [5.41, 5.74) is 0.542. The van der Waals surface area contributed by atoms with E-state index in [1.54, 1.807) is 38.1 Å². The minimum Gasteiger partial charge on any atom is -0.462 e. The fraction of sp³-hybridized carbons (Fsp3) is 0.714. The van der Waals surface area contributed by atoms with E-state index < -0.39 is 11.9 Å². The zero-order valence-corrected chi connectivity index (χ0v) is 21.0. The van der Waals surface area contributed by atoms with E-state index >= 15 is 0 Å². The molecular formula is C28H46O4. The lowest BCUT2D eigenvalue weighted by Crippen LogP contribution is -2.17. The van der Waals surface area contributed by atoms with Crippen LogP contribution in [0.5, 0.6) is 0 Å². The zero-order chi connectivity index (χ0) is 23.6. The fourth-order valence-electron chi connectivity index (χ4n) is 3.78. The Labute approximate surface area is 196 Å². The molecule has 0 saturated heterocycles. The molecular weight excluding hydrogens is 400 g/mol. The predicted octanol–water partition coefficient (Wildman–Crippen LogP) is 8.14. The van der Waals surface area contributed by atoms with Gasteiger partial charge in [-0.2, -0.15) is 0 Å². The van der Waals surface area contributed by atoms with Crippen LogP contribution in [-0.4, -0.2) is 24.6 Å². The molecule has 0 saturated carbocycles. The van der Waals surface area contributed by atoms with Crippen LogP contribution in [0.15, 0.2) is 24.3 Å². The van der Waals surface area contributed by atoms with Crippen molar-refractivity contribution >= 4 is 11.9 Å². The van der Waals surface area contributed by atoms with Crippen molar-refractivity contribution in [1.29, 1.82) is 0 Å². The van der Waals surface area contributed by atoms with E-state index in [1.165, 1.54) is 70.6 Å². The highest BCUT2D eigenvalue weighted by atomic mass is 16.5.